The number of fused-ring (bicyclic) bond motifs is 1. The van der Waals surface area contributed by atoms with E-state index in [4.69, 9.17) is 10.1 Å². The van der Waals surface area contributed by atoms with E-state index >= 15 is 0 Å². The number of amidine groups is 1. The number of hydrogen-bond acceptors (Lipinski definition) is 2. The third-order valence-electron chi connectivity index (χ3n) is 3.99. The van der Waals surface area contributed by atoms with E-state index in [1.165, 1.54) is 24.8 Å². The van der Waals surface area contributed by atoms with E-state index < -0.39 is 0 Å². The van der Waals surface area contributed by atoms with Crippen molar-refractivity contribution in [3.63, 3.8) is 0 Å². The van der Waals surface area contributed by atoms with Crippen molar-refractivity contribution in [1.29, 1.82) is 5.41 Å². The fraction of sp³-hybridized carbons (Fsp3) is 0.533. The summed E-state index contributed by atoms with van der Waals surface area (Å²) >= 11 is 0. The van der Waals surface area contributed by atoms with Gasteiger partial charge in [0.15, 0.2) is 0 Å². The van der Waals surface area contributed by atoms with Crippen LogP contribution in [0.25, 0.3) is 0 Å². The van der Waals surface area contributed by atoms with Gasteiger partial charge in [-0.15, -0.1) is 0 Å². The molecular formula is C15H20N2O. The Balaban J connectivity index is 1.82. The molecule has 18 heavy (non-hydrogen) atoms. The summed E-state index contributed by atoms with van der Waals surface area (Å²) in [6.45, 7) is 2.84. The van der Waals surface area contributed by atoms with Gasteiger partial charge in [0.1, 0.15) is 11.6 Å². The van der Waals surface area contributed by atoms with Gasteiger partial charge < -0.3 is 9.64 Å². The van der Waals surface area contributed by atoms with Crippen LogP contribution in [0.4, 0.5) is 0 Å². The predicted octanol–water partition coefficient (Wildman–Crippen LogP) is 3.02. The van der Waals surface area contributed by atoms with Crippen molar-refractivity contribution in [2.75, 3.05) is 19.7 Å². The Labute approximate surface area is 108 Å². The Morgan fingerprint density at radius 3 is 2.78 bits per heavy atom. The van der Waals surface area contributed by atoms with Crippen LogP contribution in [0.15, 0.2) is 24.3 Å². The van der Waals surface area contributed by atoms with E-state index in [0.29, 0.717) is 0 Å². The zero-order valence-corrected chi connectivity index (χ0v) is 10.7. The quantitative estimate of drug-likeness (QED) is 0.609. The van der Waals surface area contributed by atoms with Crippen LogP contribution in [0.1, 0.15) is 37.2 Å². The minimum Gasteiger partial charge on any atom is -0.493 e. The SMILES string of the molecule is N=C(C1CCOc2ccccc21)N1CCCCC1. The first-order valence-electron chi connectivity index (χ1n) is 6.91. The van der Waals surface area contributed by atoms with Gasteiger partial charge in [-0.2, -0.15) is 0 Å². The second-order valence-corrected chi connectivity index (χ2v) is 5.16. The highest BCUT2D eigenvalue weighted by Crippen LogP contribution is 2.35. The summed E-state index contributed by atoms with van der Waals surface area (Å²) < 4.78 is 5.68. The van der Waals surface area contributed by atoms with E-state index in [1.54, 1.807) is 0 Å². The summed E-state index contributed by atoms with van der Waals surface area (Å²) in [5, 5.41) is 8.48. The van der Waals surface area contributed by atoms with Crippen molar-refractivity contribution < 1.29 is 4.74 Å². The van der Waals surface area contributed by atoms with Crippen molar-refractivity contribution in [3.05, 3.63) is 29.8 Å². The standard InChI is InChI=1S/C15H20N2O/c16-15(17-9-4-1-5-10-17)13-8-11-18-14-7-3-2-6-12(13)14/h2-3,6-7,13,16H,1,4-5,8-11H2. The topological polar surface area (TPSA) is 36.3 Å². The molecular weight excluding hydrogens is 224 g/mol. The number of rotatable bonds is 1. The van der Waals surface area contributed by atoms with Crippen molar-refractivity contribution in [2.45, 2.75) is 31.6 Å². The molecule has 1 atom stereocenters. The summed E-state index contributed by atoms with van der Waals surface area (Å²) in [6, 6.07) is 8.18. The van der Waals surface area contributed by atoms with Crippen molar-refractivity contribution in [1.82, 2.24) is 4.90 Å². The summed E-state index contributed by atoms with van der Waals surface area (Å²) in [5.41, 5.74) is 1.19. The van der Waals surface area contributed by atoms with Crippen molar-refractivity contribution in [3.8, 4) is 5.75 Å². The highest BCUT2D eigenvalue weighted by Gasteiger charge is 2.28. The monoisotopic (exact) mass is 244 g/mol. The zero-order chi connectivity index (χ0) is 12.4. The van der Waals surface area contributed by atoms with E-state index in [0.717, 1.165) is 37.7 Å². The van der Waals surface area contributed by atoms with Gasteiger partial charge in [0, 0.05) is 24.6 Å². The Morgan fingerprint density at radius 1 is 1.17 bits per heavy atom. The van der Waals surface area contributed by atoms with E-state index in [-0.39, 0.29) is 5.92 Å². The van der Waals surface area contributed by atoms with E-state index in [9.17, 15) is 0 Å². The fourth-order valence-corrected chi connectivity index (χ4v) is 2.98. The number of benzene rings is 1. The lowest BCUT2D eigenvalue weighted by Gasteiger charge is -2.35. The molecule has 0 bridgehead atoms. The average Bonchev–Trinajstić information content (AvgIpc) is 2.47. The molecule has 3 rings (SSSR count). The number of piperidine rings is 1. The van der Waals surface area contributed by atoms with Gasteiger partial charge in [-0.25, -0.2) is 0 Å². The lowest BCUT2D eigenvalue weighted by Crippen LogP contribution is -2.39. The number of ether oxygens (including phenoxy) is 1. The van der Waals surface area contributed by atoms with Gasteiger partial charge in [0.2, 0.25) is 0 Å². The van der Waals surface area contributed by atoms with Gasteiger partial charge in [-0.05, 0) is 31.7 Å². The summed E-state index contributed by atoms with van der Waals surface area (Å²) in [4.78, 5) is 2.26. The molecule has 1 saturated heterocycles. The first-order valence-corrected chi connectivity index (χ1v) is 6.91. The summed E-state index contributed by atoms with van der Waals surface area (Å²) in [6.07, 6.45) is 4.71. The predicted molar refractivity (Wildman–Crippen MR) is 72.4 cm³/mol. The van der Waals surface area contributed by atoms with Gasteiger partial charge >= 0.3 is 0 Å². The highest BCUT2D eigenvalue weighted by molar-refractivity contribution is 5.87. The van der Waals surface area contributed by atoms with Gasteiger partial charge in [0.25, 0.3) is 0 Å². The first kappa shape index (κ1) is 11.6. The van der Waals surface area contributed by atoms with Gasteiger partial charge in [0.05, 0.1) is 6.61 Å². The van der Waals surface area contributed by atoms with Gasteiger partial charge in [-0.1, -0.05) is 18.2 Å². The maximum Gasteiger partial charge on any atom is 0.123 e. The highest BCUT2D eigenvalue weighted by atomic mass is 16.5. The van der Waals surface area contributed by atoms with Gasteiger partial charge in [-0.3, -0.25) is 5.41 Å². The Hall–Kier alpha value is -1.51. The molecule has 1 fully saturated rings. The molecule has 1 aromatic carbocycles. The van der Waals surface area contributed by atoms with Crippen LogP contribution in [-0.2, 0) is 0 Å². The van der Waals surface area contributed by atoms with Crippen LogP contribution in [-0.4, -0.2) is 30.4 Å². The minimum absolute atomic E-state index is 0.230. The molecule has 0 saturated carbocycles. The lowest BCUT2D eigenvalue weighted by molar-refractivity contribution is 0.269. The second kappa shape index (κ2) is 5.01. The largest absolute Gasteiger partial charge is 0.493 e. The summed E-state index contributed by atoms with van der Waals surface area (Å²) in [5.74, 6) is 1.99. The molecule has 1 aromatic rings. The third-order valence-corrected chi connectivity index (χ3v) is 3.99. The Morgan fingerprint density at radius 2 is 1.94 bits per heavy atom. The molecule has 0 amide bonds. The van der Waals surface area contributed by atoms with E-state index in [2.05, 4.69) is 11.0 Å². The second-order valence-electron chi connectivity index (χ2n) is 5.16. The molecule has 0 aromatic heterocycles. The number of nitrogens with zero attached hydrogens (tertiary/aromatic N) is 1. The first-order chi connectivity index (χ1) is 8.86. The van der Waals surface area contributed by atoms with Crippen LogP contribution < -0.4 is 4.74 Å². The molecule has 2 heterocycles. The normalized spacial score (nSPS) is 23.1. The molecule has 2 aliphatic rings. The van der Waals surface area contributed by atoms with Crippen LogP contribution in [0.3, 0.4) is 0 Å². The third kappa shape index (κ3) is 2.09. The molecule has 0 aliphatic carbocycles. The maximum absolute atomic E-state index is 8.48. The number of hydrogen-bond donors (Lipinski definition) is 1. The molecule has 2 aliphatic heterocycles. The maximum atomic E-state index is 8.48. The molecule has 3 heteroatoms. The Kier molecular flexibility index (Phi) is 3.22. The molecule has 1 unspecified atom stereocenters. The van der Waals surface area contributed by atoms with Crippen LogP contribution in [0, 0.1) is 5.41 Å². The van der Waals surface area contributed by atoms with E-state index in [1.807, 2.05) is 18.2 Å². The number of para-hydroxylation sites is 1. The molecule has 0 spiro atoms. The minimum atomic E-state index is 0.230. The number of nitrogens with one attached hydrogen (secondary N) is 1. The summed E-state index contributed by atoms with van der Waals surface area (Å²) in [7, 11) is 0. The van der Waals surface area contributed by atoms with Crippen LogP contribution >= 0.6 is 0 Å². The van der Waals surface area contributed by atoms with Crippen molar-refractivity contribution in [2.24, 2.45) is 0 Å². The van der Waals surface area contributed by atoms with Crippen LogP contribution in [0.2, 0.25) is 0 Å². The molecule has 3 nitrogen and oxygen atoms in total. The molecule has 1 N–H and O–H groups in total. The van der Waals surface area contributed by atoms with Crippen molar-refractivity contribution >= 4 is 5.84 Å². The average molecular weight is 244 g/mol. The zero-order valence-electron chi connectivity index (χ0n) is 10.7. The fourth-order valence-electron chi connectivity index (χ4n) is 2.98. The molecule has 96 valence electrons. The Bertz CT molecular complexity index is 438. The lowest BCUT2D eigenvalue weighted by atomic mass is 9.91. The smallest absolute Gasteiger partial charge is 0.123 e. The number of likely N-dealkylation sites (tertiary alicyclic amines) is 1. The molecule has 0 radical (unpaired) electrons. The van der Waals surface area contributed by atoms with Crippen LogP contribution in [0.5, 0.6) is 5.75 Å².